The van der Waals surface area contributed by atoms with E-state index < -0.39 is 6.10 Å². The van der Waals surface area contributed by atoms with Gasteiger partial charge in [0.2, 0.25) is 0 Å². The number of aliphatic hydroxyl groups excluding tert-OH is 1. The third kappa shape index (κ3) is 3.38. The minimum Gasteiger partial charge on any atom is -0.486 e. The number of rotatable bonds is 5. The molecule has 144 valence electrons. The molecule has 3 aromatic rings. The van der Waals surface area contributed by atoms with E-state index in [2.05, 4.69) is 27.4 Å². The van der Waals surface area contributed by atoms with E-state index in [1.165, 1.54) is 11.3 Å². The van der Waals surface area contributed by atoms with E-state index in [1.54, 1.807) is 17.5 Å². The molecule has 0 aliphatic heterocycles. The molecule has 0 amide bonds. The number of thiazole rings is 1. The molecule has 5 rings (SSSR count). The van der Waals surface area contributed by atoms with E-state index in [1.807, 2.05) is 24.3 Å². The van der Waals surface area contributed by atoms with Gasteiger partial charge in [0, 0.05) is 16.6 Å². The molecular weight excluding hydrogens is 370 g/mol. The van der Waals surface area contributed by atoms with Gasteiger partial charge in [-0.2, -0.15) is 0 Å². The third-order valence-corrected chi connectivity index (χ3v) is 6.52. The Morgan fingerprint density at radius 3 is 2.68 bits per heavy atom. The Labute approximate surface area is 168 Å². The highest BCUT2D eigenvalue weighted by molar-refractivity contribution is 7.15. The lowest BCUT2D eigenvalue weighted by Crippen LogP contribution is -2.25. The van der Waals surface area contributed by atoms with E-state index in [-0.39, 0.29) is 6.10 Å². The molecule has 28 heavy (non-hydrogen) atoms. The Morgan fingerprint density at radius 2 is 1.93 bits per heavy atom. The molecule has 5 nitrogen and oxygen atoms in total. The first-order valence-electron chi connectivity index (χ1n) is 9.93. The number of aryl methyl sites for hydroxylation is 1. The zero-order valence-electron chi connectivity index (χ0n) is 15.6. The second-order valence-electron chi connectivity index (χ2n) is 7.43. The van der Waals surface area contributed by atoms with Crippen LogP contribution in [0.25, 0.3) is 11.1 Å². The van der Waals surface area contributed by atoms with Gasteiger partial charge >= 0.3 is 0 Å². The van der Waals surface area contributed by atoms with Crippen molar-refractivity contribution in [3.05, 3.63) is 53.2 Å². The molecule has 2 aromatic heterocycles. The first kappa shape index (κ1) is 17.6. The molecule has 0 saturated heterocycles. The normalized spacial score (nSPS) is 19.0. The van der Waals surface area contributed by atoms with E-state index in [4.69, 9.17) is 4.74 Å². The minimum atomic E-state index is -0.454. The summed E-state index contributed by atoms with van der Waals surface area (Å²) in [4.78, 5) is 10.4. The Kier molecular flexibility index (Phi) is 4.74. The molecule has 6 heteroatoms. The monoisotopic (exact) mass is 393 g/mol. The first-order chi connectivity index (χ1) is 13.8. The number of benzene rings is 1. The second kappa shape index (κ2) is 7.53. The number of fused-ring (bicyclic) bond motifs is 1. The molecule has 1 atom stereocenters. The van der Waals surface area contributed by atoms with Gasteiger partial charge in [-0.3, -0.25) is 0 Å². The SMILES string of the molecule is O[C@@H]1CCCc2sc(Nc3nccc(-c4ccccc4)c3OC3CCC3)nc21. The number of anilines is 2. The summed E-state index contributed by atoms with van der Waals surface area (Å²) in [5.74, 6) is 1.47. The number of aliphatic hydroxyl groups is 1. The van der Waals surface area contributed by atoms with Crippen LogP contribution in [0, 0.1) is 0 Å². The number of nitrogens with zero attached hydrogens (tertiary/aromatic N) is 2. The highest BCUT2D eigenvalue weighted by Gasteiger charge is 2.26. The van der Waals surface area contributed by atoms with Crippen molar-refractivity contribution in [3.8, 4) is 16.9 Å². The van der Waals surface area contributed by atoms with E-state index in [0.717, 1.165) is 59.8 Å². The molecule has 2 N–H and O–H groups in total. The van der Waals surface area contributed by atoms with Gasteiger partial charge in [-0.25, -0.2) is 9.97 Å². The van der Waals surface area contributed by atoms with Gasteiger partial charge in [0.25, 0.3) is 0 Å². The summed E-state index contributed by atoms with van der Waals surface area (Å²) in [5, 5.41) is 14.4. The minimum absolute atomic E-state index is 0.249. The zero-order chi connectivity index (χ0) is 18.9. The highest BCUT2D eigenvalue weighted by Crippen LogP contribution is 2.41. The van der Waals surface area contributed by atoms with Crippen LogP contribution in [0.4, 0.5) is 10.9 Å². The van der Waals surface area contributed by atoms with Crippen LogP contribution in [-0.4, -0.2) is 21.2 Å². The van der Waals surface area contributed by atoms with Crippen molar-refractivity contribution in [2.24, 2.45) is 0 Å². The van der Waals surface area contributed by atoms with Crippen molar-refractivity contribution in [1.29, 1.82) is 0 Å². The molecule has 0 bridgehead atoms. The van der Waals surface area contributed by atoms with Gasteiger partial charge in [-0.1, -0.05) is 30.3 Å². The Morgan fingerprint density at radius 1 is 1.07 bits per heavy atom. The van der Waals surface area contributed by atoms with Gasteiger partial charge in [0.05, 0.1) is 17.9 Å². The summed E-state index contributed by atoms with van der Waals surface area (Å²) in [6, 6.07) is 12.3. The average Bonchev–Trinajstić information content (AvgIpc) is 3.10. The third-order valence-electron chi connectivity index (χ3n) is 5.48. The van der Waals surface area contributed by atoms with Crippen molar-refractivity contribution >= 4 is 22.3 Å². The molecule has 1 saturated carbocycles. The van der Waals surface area contributed by atoms with Crippen LogP contribution in [0.2, 0.25) is 0 Å². The summed E-state index contributed by atoms with van der Waals surface area (Å²) >= 11 is 1.61. The highest BCUT2D eigenvalue weighted by atomic mass is 32.1. The van der Waals surface area contributed by atoms with Crippen molar-refractivity contribution in [3.63, 3.8) is 0 Å². The van der Waals surface area contributed by atoms with Crippen LogP contribution in [0.3, 0.4) is 0 Å². The van der Waals surface area contributed by atoms with Crippen molar-refractivity contribution in [1.82, 2.24) is 9.97 Å². The predicted octanol–water partition coefficient (Wildman–Crippen LogP) is 5.25. The van der Waals surface area contributed by atoms with Gasteiger partial charge < -0.3 is 15.2 Å². The summed E-state index contributed by atoms with van der Waals surface area (Å²) < 4.78 is 6.36. The lowest BCUT2D eigenvalue weighted by molar-refractivity contribution is 0.121. The number of aromatic nitrogens is 2. The maximum absolute atomic E-state index is 10.2. The van der Waals surface area contributed by atoms with Crippen molar-refractivity contribution < 1.29 is 9.84 Å². The number of hydrogen-bond donors (Lipinski definition) is 2. The van der Waals surface area contributed by atoms with Crippen LogP contribution in [-0.2, 0) is 6.42 Å². The summed E-state index contributed by atoms with van der Waals surface area (Å²) in [6.07, 6.45) is 7.76. The zero-order valence-corrected chi connectivity index (χ0v) is 16.4. The smallest absolute Gasteiger partial charge is 0.188 e. The Bertz CT molecular complexity index is 969. The van der Waals surface area contributed by atoms with Gasteiger partial charge in [-0.15, -0.1) is 11.3 Å². The number of nitrogens with one attached hydrogen (secondary N) is 1. The molecule has 2 heterocycles. The number of ether oxygens (including phenoxy) is 1. The van der Waals surface area contributed by atoms with Gasteiger partial charge in [-0.05, 0) is 50.2 Å². The second-order valence-corrected chi connectivity index (χ2v) is 8.52. The molecule has 2 aliphatic rings. The maximum Gasteiger partial charge on any atom is 0.188 e. The fourth-order valence-electron chi connectivity index (χ4n) is 3.71. The Hall–Kier alpha value is -2.44. The fraction of sp³-hybridized carbons (Fsp3) is 0.364. The van der Waals surface area contributed by atoms with Crippen LogP contribution in [0.5, 0.6) is 5.75 Å². The van der Waals surface area contributed by atoms with E-state index in [9.17, 15) is 5.11 Å². The molecule has 0 spiro atoms. The summed E-state index contributed by atoms with van der Waals surface area (Å²) in [6.45, 7) is 0. The lowest BCUT2D eigenvalue weighted by Gasteiger charge is -2.28. The molecule has 1 fully saturated rings. The molecule has 0 radical (unpaired) electrons. The first-order valence-corrected chi connectivity index (χ1v) is 10.8. The lowest BCUT2D eigenvalue weighted by atomic mass is 9.96. The molecular formula is C22H23N3O2S. The van der Waals surface area contributed by atoms with Crippen LogP contribution < -0.4 is 10.1 Å². The van der Waals surface area contributed by atoms with Gasteiger partial charge in [0.1, 0.15) is 0 Å². The predicted molar refractivity (Wildman–Crippen MR) is 111 cm³/mol. The topological polar surface area (TPSA) is 67.3 Å². The number of pyridine rings is 1. The van der Waals surface area contributed by atoms with Crippen LogP contribution >= 0.6 is 11.3 Å². The van der Waals surface area contributed by atoms with Crippen LogP contribution in [0.1, 0.15) is 48.8 Å². The standard InChI is InChI=1S/C22H23N3O2S/c26-17-10-5-11-18-19(17)24-22(28-18)25-21-20(27-15-8-4-9-15)16(12-13-23-21)14-6-2-1-3-7-14/h1-3,6-7,12-13,15,17,26H,4-5,8-11H2,(H,23,24,25)/t17-/m1/s1. The quantitative estimate of drug-likeness (QED) is 0.620. The van der Waals surface area contributed by atoms with E-state index >= 15 is 0 Å². The average molecular weight is 394 g/mol. The van der Waals surface area contributed by atoms with Gasteiger partial charge in [0.15, 0.2) is 16.7 Å². The van der Waals surface area contributed by atoms with E-state index in [0.29, 0.717) is 5.82 Å². The van der Waals surface area contributed by atoms with Crippen molar-refractivity contribution in [2.45, 2.75) is 50.7 Å². The Balaban J connectivity index is 1.51. The van der Waals surface area contributed by atoms with Crippen LogP contribution in [0.15, 0.2) is 42.6 Å². The molecule has 2 aliphatic carbocycles. The summed E-state index contributed by atoms with van der Waals surface area (Å²) in [7, 11) is 0. The summed E-state index contributed by atoms with van der Waals surface area (Å²) in [5.41, 5.74) is 2.96. The fourth-order valence-corrected chi connectivity index (χ4v) is 4.77. The largest absolute Gasteiger partial charge is 0.486 e. The molecule has 0 unspecified atom stereocenters. The maximum atomic E-state index is 10.2. The number of hydrogen-bond acceptors (Lipinski definition) is 6. The molecule has 1 aromatic carbocycles. The van der Waals surface area contributed by atoms with Crippen molar-refractivity contribution in [2.75, 3.05) is 5.32 Å².